The minimum Gasteiger partial charge on any atom is -0.316 e. The van der Waals surface area contributed by atoms with Gasteiger partial charge in [0.1, 0.15) is 12.7 Å². The molecule has 0 bridgehead atoms. The number of nitrogens with zero attached hydrogens (tertiary/aromatic N) is 3. The molecule has 5 heteroatoms. The van der Waals surface area contributed by atoms with Crippen LogP contribution in [-0.2, 0) is 0 Å². The quantitative estimate of drug-likeness (QED) is 0.760. The predicted octanol–water partition coefficient (Wildman–Crippen LogP) is 1.68. The molecule has 0 fully saturated rings. The van der Waals surface area contributed by atoms with Crippen LogP contribution in [0.3, 0.4) is 0 Å². The number of hydrogen-bond acceptors (Lipinski definition) is 5. The fourth-order valence-electron chi connectivity index (χ4n) is 0.764. The highest BCUT2D eigenvalue weighted by atomic mass is 32.1. The third-order valence-electron chi connectivity index (χ3n) is 1.25. The van der Waals surface area contributed by atoms with Crippen molar-refractivity contribution in [2.24, 2.45) is 0 Å². The van der Waals surface area contributed by atoms with Gasteiger partial charge in [0.25, 0.3) is 0 Å². The average Bonchev–Trinajstić information content (AvgIpc) is 2.59. The molecule has 1 N–H and O–H groups in total. The van der Waals surface area contributed by atoms with Gasteiger partial charge >= 0.3 is 0 Å². The molecule has 0 atom stereocenters. The van der Waals surface area contributed by atoms with E-state index < -0.39 is 0 Å². The lowest BCUT2D eigenvalue weighted by Crippen LogP contribution is -1.94. The van der Waals surface area contributed by atoms with E-state index in [1.54, 1.807) is 11.3 Å². The Morgan fingerprint density at radius 3 is 2.75 bits per heavy atom. The molecular formula is C7H6N4S. The molecule has 0 aliphatic rings. The molecule has 0 saturated carbocycles. The maximum Gasteiger partial charge on any atom is 0.230 e. The lowest BCUT2D eigenvalue weighted by Gasteiger charge is -1.97. The van der Waals surface area contributed by atoms with E-state index in [-0.39, 0.29) is 0 Å². The van der Waals surface area contributed by atoms with E-state index >= 15 is 0 Å². The van der Waals surface area contributed by atoms with Crippen LogP contribution >= 0.6 is 11.3 Å². The van der Waals surface area contributed by atoms with Gasteiger partial charge in [-0.2, -0.15) is 0 Å². The summed E-state index contributed by atoms with van der Waals surface area (Å²) in [6.07, 6.45) is 2.92. The van der Waals surface area contributed by atoms with Gasteiger partial charge < -0.3 is 5.32 Å². The summed E-state index contributed by atoms with van der Waals surface area (Å²) in [7, 11) is 0. The highest BCUT2D eigenvalue weighted by Gasteiger charge is 1.94. The van der Waals surface area contributed by atoms with Gasteiger partial charge in [-0.05, 0) is 17.5 Å². The van der Waals surface area contributed by atoms with Crippen molar-refractivity contribution < 1.29 is 0 Å². The van der Waals surface area contributed by atoms with Gasteiger partial charge in [-0.1, -0.05) is 0 Å². The van der Waals surface area contributed by atoms with Crippen LogP contribution in [0, 0.1) is 0 Å². The normalized spacial score (nSPS) is 9.67. The number of hydrogen-bond donors (Lipinski definition) is 1. The molecule has 0 saturated heterocycles. The molecule has 0 aliphatic heterocycles. The van der Waals surface area contributed by atoms with Crippen LogP contribution in [0.2, 0.25) is 0 Å². The van der Waals surface area contributed by atoms with Crippen LogP contribution in [0.4, 0.5) is 10.9 Å². The smallest absolute Gasteiger partial charge is 0.230 e. The highest BCUT2D eigenvalue weighted by Crippen LogP contribution is 2.17. The summed E-state index contributed by atoms with van der Waals surface area (Å²) in [5.74, 6) is 0.576. The lowest BCUT2D eigenvalue weighted by molar-refractivity contribution is 1.05. The first-order valence-corrected chi connectivity index (χ1v) is 4.25. The van der Waals surface area contributed by atoms with E-state index in [1.165, 1.54) is 12.7 Å². The topological polar surface area (TPSA) is 50.7 Å². The van der Waals surface area contributed by atoms with E-state index in [4.69, 9.17) is 0 Å². The summed E-state index contributed by atoms with van der Waals surface area (Å²) in [6, 6.07) is 3.93. The Morgan fingerprint density at radius 1 is 1.25 bits per heavy atom. The Labute approximate surface area is 73.3 Å². The first-order chi connectivity index (χ1) is 5.95. The third-order valence-corrected chi connectivity index (χ3v) is 2.03. The molecule has 0 aromatic carbocycles. The van der Waals surface area contributed by atoms with E-state index in [0.717, 1.165) is 5.00 Å². The van der Waals surface area contributed by atoms with E-state index in [0.29, 0.717) is 5.95 Å². The van der Waals surface area contributed by atoms with Gasteiger partial charge in [0.2, 0.25) is 5.95 Å². The fraction of sp³-hybridized carbons (Fsp3) is 0. The molecular weight excluding hydrogens is 172 g/mol. The highest BCUT2D eigenvalue weighted by molar-refractivity contribution is 7.14. The lowest BCUT2D eigenvalue weighted by atomic mass is 10.6. The Hall–Kier alpha value is -1.49. The molecule has 0 spiro atoms. The van der Waals surface area contributed by atoms with Crippen molar-refractivity contribution in [2.45, 2.75) is 0 Å². The standard InChI is InChI=1S/C7H6N4S/c1-2-6(12-3-1)11-7-9-4-8-5-10-7/h1-5H,(H,8,9,10,11). The molecule has 0 aliphatic carbocycles. The maximum absolute atomic E-state index is 3.93. The summed E-state index contributed by atoms with van der Waals surface area (Å²) in [5, 5.41) is 6.06. The molecule has 0 amide bonds. The second kappa shape index (κ2) is 3.27. The monoisotopic (exact) mass is 178 g/mol. The summed E-state index contributed by atoms with van der Waals surface area (Å²) < 4.78 is 0. The zero-order valence-corrected chi connectivity index (χ0v) is 6.95. The number of rotatable bonds is 2. The van der Waals surface area contributed by atoms with Crippen molar-refractivity contribution in [1.82, 2.24) is 15.0 Å². The SMILES string of the molecule is c1csc(Nc2ncncn2)c1. The molecule has 60 valence electrons. The Balaban J connectivity index is 2.15. The molecule has 0 unspecified atom stereocenters. The van der Waals surface area contributed by atoms with Crippen molar-refractivity contribution in [3.8, 4) is 0 Å². The van der Waals surface area contributed by atoms with Gasteiger partial charge in [-0.25, -0.2) is 15.0 Å². The van der Waals surface area contributed by atoms with Crippen LogP contribution in [0.25, 0.3) is 0 Å². The van der Waals surface area contributed by atoms with E-state index in [2.05, 4.69) is 20.3 Å². The molecule has 2 rings (SSSR count). The number of nitrogens with one attached hydrogen (secondary N) is 1. The minimum absolute atomic E-state index is 0.576. The summed E-state index contributed by atoms with van der Waals surface area (Å²) in [4.78, 5) is 11.6. The summed E-state index contributed by atoms with van der Waals surface area (Å²) in [6.45, 7) is 0. The predicted molar refractivity (Wildman–Crippen MR) is 47.4 cm³/mol. The minimum atomic E-state index is 0.576. The molecule has 4 nitrogen and oxygen atoms in total. The molecule has 0 radical (unpaired) electrons. The van der Waals surface area contributed by atoms with Gasteiger partial charge in [0.15, 0.2) is 0 Å². The fourth-order valence-corrected chi connectivity index (χ4v) is 1.37. The Bertz CT molecular complexity index is 332. The number of aromatic nitrogens is 3. The van der Waals surface area contributed by atoms with Crippen molar-refractivity contribution in [2.75, 3.05) is 5.32 Å². The molecule has 12 heavy (non-hydrogen) atoms. The Kier molecular flexibility index (Phi) is 1.96. The van der Waals surface area contributed by atoms with Gasteiger partial charge in [0.05, 0.1) is 5.00 Å². The van der Waals surface area contributed by atoms with Crippen molar-refractivity contribution in [1.29, 1.82) is 0 Å². The van der Waals surface area contributed by atoms with Crippen LogP contribution in [0.5, 0.6) is 0 Å². The second-order valence-corrected chi connectivity index (χ2v) is 3.01. The molecule has 2 aromatic heterocycles. The van der Waals surface area contributed by atoms with E-state index in [9.17, 15) is 0 Å². The first kappa shape index (κ1) is 7.17. The summed E-state index contributed by atoms with van der Waals surface area (Å²) in [5.41, 5.74) is 0. The van der Waals surface area contributed by atoms with Gasteiger partial charge in [-0.15, -0.1) is 11.3 Å². The number of anilines is 2. The largest absolute Gasteiger partial charge is 0.316 e. The van der Waals surface area contributed by atoms with Crippen molar-refractivity contribution in [3.63, 3.8) is 0 Å². The summed E-state index contributed by atoms with van der Waals surface area (Å²) >= 11 is 1.61. The third kappa shape index (κ3) is 1.57. The van der Waals surface area contributed by atoms with E-state index in [1.807, 2.05) is 17.5 Å². The van der Waals surface area contributed by atoms with Crippen LogP contribution in [-0.4, -0.2) is 15.0 Å². The van der Waals surface area contributed by atoms with Crippen LogP contribution in [0.1, 0.15) is 0 Å². The maximum atomic E-state index is 3.93. The van der Waals surface area contributed by atoms with Crippen molar-refractivity contribution >= 4 is 22.3 Å². The molecule has 2 aromatic rings. The van der Waals surface area contributed by atoms with Crippen LogP contribution < -0.4 is 5.32 Å². The second-order valence-electron chi connectivity index (χ2n) is 2.06. The zero-order valence-electron chi connectivity index (χ0n) is 6.14. The first-order valence-electron chi connectivity index (χ1n) is 3.38. The van der Waals surface area contributed by atoms with Gasteiger partial charge in [-0.3, -0.25) is 0 Å². The van der Waals surface area contributed by atoms with Crippen LogP contribution in [0.15, 0.2) is 30.2 Å². The average molecular weight is 178 g/mol. The van der Waals surface area contributed by atoms with Crippen molar-refractivity contribution in [3.05, 3.63) is 30.2 Å². The number of thiophene rings is 1. The van der Waals surface area contributed by atoms with Gasteiger partial charge in [0, 0.05) is 0 Å². The Morgan fingerprint density at radius 2 is 2.08 bits per heavy atom. The zero-order chi connectivity index (χ0) is 8.23. The molecule has 2 heterocycles.